The average molecular weight is 171 g/mol. The van der Waals surface area contributed by atoms with Gasteiger partial charge in [0.2, 0.25) is 0 Å². The summed E-state index contributed by atoms with van der Waals surface area (Å²) in [5, 5.41) is 3.38. The van der Waals surface area contributed by atoms with Crippen LogP contribution in [0.3, 0.4) is 0 Å². The van der Waals surface area contributed by atoms with E-state index in [1.165, 1.54) is 6.42 Å². The minimum atomic E-state index is -0.226. The Kier molecular flexibility index (Phi) is 2.10. The zero-order valence-electron chi connectivity index (χ0n) is 7.80. The Bertz CT molecular complexity index is 168. The second kappa shape index (κ2) is 2.98. The average Bonchev–Trinajstić information content (AvgIpc) is 2.59. The van der Waals surface area contributed by atoms with Gasteiger partial charge in [-0.2, -0.15) is 0 Å². The first kappa shape index (κ1) is 8.48. The molecule has 2 aliphatic heterocycles. The van der Waals surface area contributed by atoms with E-state index >= 15 is 0 Å². The lowest BCUT2D eigenvalue weighted by molar-refractivity contribution is -0.116. The molecule has 3 nitrogen and oxygen atoms in total. The maximum absolute atomic E-state index is 5.80. The van der Waals surface area contributed by atoms with E-state index in [2.05, 4.69) is 19.2 Å². The van der Waals surface area contributed by atoms with Crippen molar-refractivity contribution in [2.45, 2.75) is 44.6 Å². The van der Waals surface area contributed by atoms with Crippen LogP contribution in [0.2, 0.25) is 0 Å². The summed E-state index contributed by atoms with van der Waals surface area (Å²) in [6.07, 6.45) is 2.86. The fraction of sp³-hybridized carbons (Fsp3) is 1.00. The molecule has 0 amide bonds. The molecule has 3 atom stereocenters. The van der Waals surface area contributed by atoms with Crippen LogP contribution in [-0.2, 0) is 9.47 Å². The number of hydrogen-bond donors (Lipinski definition) is 1. The fourth-order valence-electron chi connectivity index (χ4n) is 2.05. The summed E-state index contributed by atoms with van der Waals surface area (Å²) >= 11 is 0. The Labute approximate surface area is 73.4 Å². The maximum Gasteiger partial charge on any atom is 0.143 e. The molecule has 3 heteroatoms. The predicted molar refractivity (Wildman–Crippen MR) is 45.9 cm³/mol. The lowest BCUT2D eigenvalue weighted by atomic mass is 10.1. The summed E-state index contributed by atoms with van der Waals surface area (Å²) in [6.45, 7) is 6.01. The third-order valence-corrected chi connectivity index (χ3v) is 2.73. The molecule has 1 N–H and O–H groups in total. The zero-order valence-corrected chi connectivity index (χ0v) is 7.80. The van der Waals surface area contributed by atoms with E-state index in [-0.39, 0.29) is 11.8 Å². The first-order valence-corrected chi connectivity index (χ1v) is 4.75. The van der Waals surface area contributed by atoms with Crippen molar-refractivity contribution in [1.82, 2.24) is 5.32 Å². The molecule has 0 aliphatic carbocycles. The highest BCUT2D eigenvalue weighted by Gasteiger charge is 2.42. The second-order valence-corrected chi connectivity index (χ2v) is 3.92. The molecule has 3 unspecified atom stereocenters. The van der Waals surface area contributed by atoms with Gasteiger partial charge in [-0.1, -0.05) is 0 Å². The van der Waals surface area contributed by atoms with E-state index < -0.39 is 0 Å². The Morgan fingerprint density at radius 1 is 1.50 bits per heavy atom. The molecule has 70 valence electrons. The van der Waals surface area contributed by atoms with Crippen LogP contribution >= 0.6 is 0 Å². The Balaban J connectivity index is 2.00. The van der Waals surface area contributed by atoms with Crippen LogP contribution in [0, 0.1) is 0 Å². The monoisotopic (exact) mass is 171 g/mol. The van der Waals surface area contributed by atoms with Gasteiger partial charge in [-0.15, -0.1) is 0 Å². The van der Waals surface area contributed by atoms with Gasteiger partial charge < -0.3 is 9.47 Å². The van der Waals surface area contributed by atoms with E-state index in [9.17, 15) is 0 Å². The first-order valence-electron chi connectivity index (χ1n) is 4.75. The molecule has 2 aliphatic rings. The van der Waals surface area contributed by atoms with Gasteiger partial charge in [0.25, 0.3) is 0 Å². The van der Waals surface area contributed by atoms with Gasteiger partial charge in [-0.3, -0.25) is 5.32 Å². The predicted octanol–water partition coefficient (Wildman–Crippen LogP) is 0.890. The third-order valence-electron chi connectivity index (χ3n) is 2.73. The van der Waals surface area contributed by atoms with Crippen LogP contribution in [0.25, 0.3) is 0 Å². The largest absolute Gasteiger partial charge is 0.374 e. The molecule has 0 radical (unpaired) electrons. The number of nitrogens with one attached hydrogen (secondary N) is 1. The smallest absolute Gasteiger partial charge is 0.143 e. The lowest BCUT2D eigenvalue weighted by Gasteiger charge is -2.30. The third kappa shape index (κ3) is 1.37. The van der Waals surface area contributed by atoms with Crippen molar-refractivity contribution in [3.05, 3.63) is 0 Å². The van der Waals surface area contributed by atoms with E-state index in [4.69, 9.17) is 9.47 Å². The molecule has 2 saturated heterocycles. The van der Waals surface area contributed by atoms with Crippen molar-refractivity contribution in [2.75, 3.05) is 13.2 Å². The van der Waals surface area contributed by atoms with E-state index in [0.717, 1.165) is 19.6 Å². The molecule has 0 aromatic heterocycles. The molecule has 0 spiro atoms. The SMILES string of the molecule is CC1CNC(C)(C2CCCO2)O1. The minimum absolute atomic E-state index is 0.226. The van der Waals surface area contributed by atoms with E-state index in [1.807, 2.05) is 0 Å². The standard InChI is InChI=1S/C9H17NO2/c1-7-6-10-9(2,12-7)8-4-3-5-11-8/h7-8,10H,3-6H2,1-2H3. The molecule has 0 saturated carbocycles. The molecule has 2 heterocycles. The van der Waals surface area contributed by atoms with Crippen LogP contribution in [-0.4, -0.2) is 31.1 Å². The van der Waals surface area contributed by atoms with Gasteiger partial charge in [0, 0.05) is 13.2 Å². The minimum Gasteiger partial charge on any atom is -0.374 e. The highest BCUT2D eigenvalue weighted by atomic mass is 16.6. The summed E-state index contributed by atoms with van der Waals surface area (Å²) in [7, 11) is 0. The van der Waals surface area contributed by atoms with Gasteiger partial charge in [0.15, 0.2) is 0 Å². The van der Waals surface area contributed by atoms with Crippen LogP contribution in [0.4, 0.5) is 0 Å². The van der Waals surface area contributed by atoms with Gasteiger partial charge in [-0.05, 0) is 26.7 Å². The van der Waals surface area contributed by atoms with Crippen molar-refractivity contribution in [1.29, 1.82) is 0 Å². The van der Waals surface area contributed by atoms with Gasteiger partial charge in [-0.25, -0.2) is 0 Å². The normalized spacial score (nSPS) is 48.5. The second-order valence-electron chi connectivity index (χ2n) is 3.92. The summed E-state index contributed by atoms with van der Waals surface area (Å²) in [5.74, 6) is 0. The molecular weight excluding hydrogens is 154 g/mol. The lowest BCUT2D eigenvalue weighted by Crippen LogP contribution is -2.48. The molecule has 0 bridgehead atoms. The quantitative estimate of drug-likeness (QED) is 0.635. The molecule has 12 heavy (non-hydrogen) atoms. The van der Waals surface area contributed by atoms with E-state index in [0.29, 0.717) is 6.10 Å². The van der Waals surface area contributed by atoms with Gasteiger partial charge in [0.1, 0.15) is 5.72 Å². The van der Waals surface area contributed by atoms with Crippen LogP contribution in [0.5, 0.6) is 0 Å². The maximum atomic E-state index is 5.80. The number of rotatable bonds is 1. The highest BCUT2D eigenvalue weighted by Crippen LogP contribution is 2.29. The zero-order chi connectivity index (χ0) is 8.60. The Morgan fingerprint density at radius 2 is 2.33 bits per heavy atom. The van der Waals surface area contributed by atoms with E-state index in [1.54, 1.807) is 0 Å². The van der Waals surface area contributed by atoms with Crippen LogP contribution < -0.4 is 5.32 Å². The van der Waals surface area contributed by atoms with Crippen molar-refractivity contribution in [2.24, 2.45) is 0 Å². The summed E-state index contributed by atoms with van der Waals surface area (Å²) in [4.78, 5) is 0. The molecule has 2 fully saturated rings. The summed E-state index contributed by atoms with van der Waals surface area (Å²) in [6, 6.07) is 0. The summed E-state index contributed by atoms with van der Waals surface area (Å²) in [5.41, 5.74) is -0.226. The molecule has 0 aromatic rings. The van der Waals surface area contributed by atoms with Crippen molar-refractivity contribution in [3.63, 3.8) is 0 Å². The molecule has 2 rings (SSSR count). The Hall–Kier alpha value is -0.120. The van der Waals surface area contributed by atoms with Gasteiger partial charge in [0.05, 0.1) is 12.2 Å². The first-order chi connectivity index (χ1) is 5.71. The number of hydrogen-bond acceptors (Lipinski definition) is 3. The summed E-state index contributed by atoms with van der Waals surface area (Å²) < 4.78 is 11.4. The van der Waals surface area contributed by atoms with Crippen LogP contribution in [0.1, 0.15) is 26.7 Å². The molecule has 0 aromatic carbocycles. The topological polar surface area (TPSA) is 30.5 Å². The van der Waals surface area contributed by atoms with Crippen molar-refractivity contribution < 1.29 is 9.47 Å². The molecular formula is C9H17NO2. The number of ether oxygens (including phenoxy) is 2. The van der Waals surface area contributed by atoms with Crippen molar-refractivity contribution >= 4 is 0 Å². The highest BCUT2D eigenvalue weighted by molar-refractivity contribution is 4.91. The fourth-order valence-corrected chi connectivity index (χ4v) is 2.05. The van der Waals surface area contributed by atoms with Gasteiger partial charge >= 0.3 is 0 Å². The Morgan fingerprint density at radius 3 is 2.83 bits per heavy atom. The van der Waals surface area contributed by atoms with Crippen LogP contribution in [0.15, 0.2) is 0 Å². The van der Waals surface area contributed by atoms with Crippen molar-refractivity contribution in [3.8, 4) is 0 Å².